The monoisotopic (exact) mass is 322 g/mol. The molecule has 3 heteroatoms. The van der Waals surface area contributed by atoms with Crippen LogP contribution < -0.4 is 0 Å². The first-order valence-electron chi connectivity index (χ1n) is 5.30. The largest absolute Gasteiger partial charge is 0.401 e. The Morgan fingerprint density at radius 2 is 1.71 bits per heavy atom. The van der Waals surface area contributed by atoms with E-state index in [9.17, 15) is 0 Å². The molecule has 80 valence electrons. The summed E-state index contributed by atoms with van der Waals surface area (Å²) in [5, 5.41) is 0. The number of rotatable bonds is 2. The van der Waals surface area contributed by atoms with Crippen LogP contribution in [0.1, 0.15) is 32.1 Å². The average molecular weight is 322 g/mol. The standard InChI is InChI=1S/C11H19IOSi/c1-14(2,3)13-11(9-10-12)7-5-4-6-8-11/h4-8H2,1-3H3. The maximum absolute atomic E-state index is 6.27. The lowest BCUT2D eigenvalue weighted by molar-refractivity contribution is 0.0797. The lowest BCUT2D eigenvalue weighted by Crippen LogP contribution is -2.43. The van der Waals surface area contributed by atoms with E-state index in [2.05, 4.69) is 52.1 Å². The summed E-state index contributed by atoms with van der Waals surface area (Å²) < 4.78 is 9.29. The third-order valence-corrected chi connectivity index (χ3v) is 3.71. The molecule has 0 heterocycles. The van der Waals surface area contributed by atoms with Gasteiger partial charge in [-0.05, 0) is 49.3 Å². The zero-order valence-corrected chi connectivity index (χ0v) is 12.5. The smallest absolute Gasteiger partial charge is 0.185 e. The Balaban J connectivity index is 2.74. The Hall–Kier alpha value is 0.467. The SMILES string of the molecule is C[Si](C)(C)OC1(C#CI)CCCCC1. The molecule has 0 bridgehead atoms. The van der Waals surface area contributed by atoms with Gasteiger partial charge in [0, 0.05) is 22.6 Å². The highest BCUT2D eigenvalue weighted by Crippen LogP contribution is 2.33. The van der Waals surface area contributed by atoms with Crippen molar-refractivity contribution >= 4 is 30.9 Å². The van der Waals surface area contributed by atoms with Crippen molar-refractivity contribution in [2.24, 2.45) is 0 Å². The second-order valence-electron chi connectivity index (χ2n) is 4.99. The van der Waals surface area contributed by atoms with Crippen molar-refractivity contribution in [3.8, 4) is 9.85 Å². The van der Waals surface area contributed by atoms with E-state index in [-0.39, 0.29) is 5.60 Å². The van der Waals surface area contributed by atoms with Crippen LogP contribution in [0.15, 0.2) is 0 Å². The summed E-state index contributed by atoms with van der Waals surface area (Å²) in [6.45, 7) is 6.74. The average Bonchev–Trinajstić information content (AvgIpc) is 2.02. The van der Waals surface area contributed by atoms with Crippen molar-refractivity contribution in [1.82, 2.24) is 0 Å². The van der Waals surface area contributed by atoms with Crippen LogP contribution >= 0.6 is 22.6 Å². The fourth-order valence-corrected chi connectivity index (χ4v) is 3.97. The van der Waals surface area contributed by atoms with Crippen molar-refractivity contribution in [1.29, 1.82) is 0 Å². The first-order valence-corrected chi connectivity index (χ1v) is 9.79. The molecule has 0 amide bonds. The van der Waals surface area contributed by atoms with Gasteiger partial charge in [-0.3, -0.25) is 0 Å². The molecule has 0 aromatic carbocycles. The fourth-order valence-electron chi connectivity index (χ4n) is 2.05. The van der Waals surface area contributed by atoms with Crippen molar-refractivity contribution in [3.05, 3.63) is 0 Å². The van der Waals surface area contributed by atoms with Crippen LogP contribution in [0, 0.1) is 9.85 Å². The Kier molecular flexibility index (Phi) is 4.47. The van der Waals surface area contributed by atoms with Crippen molar-refractivity contribution < 1.29 is 4.43 Å². The summed E-state index contributed by atoms with van der Waals surface area (Å²) >= 11 is 2.13. The van der Waals surface area contributed by atoms with E-state index in [0.717, 1.165) is 12.8 Å². The molecule has 0 radical (unpaired) electrons. The highest BCUT2D eigenvalue weighted by Gasteiger charge is 2.35. The van der Waals surface area contributed by atoms with Crippen LogP contribution in [0.5, 0.6) is 0 Å². The minimum atomic E-state index is -1.46. The normalized spacial score (nSPS) is 21.1. The van der Waals surface area contributed by atoms with Crippen LogP contribution in [0.4, 0.5) is 0 Å². The summed E-state index contributed by atoms with van der Waals surface area (Å²) in [7, 11) is -1.46. The van der Waals surface area contributed by atoms with E-state index >= 15 is 0 Å². The van der Waals surface area contributed by atoms with Gasteiger partial charge in [0.25, 0.3) is 0 Å². The van der Waals surface area contributed by atoms with Gasteiger partial charge in [-0.15, -0.1) is 0 Å². The fraction of sp³-hybridized carbons (Fsp3) is 0.818. The Labute approximate surface area is 102 Å². The van der Waals surface area contributed by atoms with E-state index < -0.39 is 8.32 Å². The molecule has 0 spiro atoms. The van der Waals surface area contributed by atoms with Gasteiger partial charge in [-0.25, -0.2) is 0 Å². The van der Waals surface area contributed by atoms with Gasteiger partial charge < -0.3 is 4.43 Å². The van der Waals surface area contributed by atoms with Gasteiger partial charge in [0.15, 0.2) is 8.32 Å². The second-order valence-corrected chi connectivity index (χ2v) is 9.96. The van der Waals surface area contributed by atoms with Gasteiger partial charge in [0.1, 0.15) is 5.60 Å². The molecule has 0 unspecified atom stereocenters. The van der Waals surface area contributed by atoms with Crippen LogP contribution in [0.3, 0.4) is 0 Å². The first-order chi connectivity index (χ1) is 6.47. The number of halogens is 1. The second kappa shape index (κ2) is 5.00. The molecule has 0 aliphatic heterocycles. The van der Waals surface area contributed by atoms with Crippen molar-refractivity contribution in [2.75, 3.05) is 0 Å². The van der Waals surface area contributed by atoms with Gasteiger partial charge in [-0.2, -0.15) is 0 Å². The quantitative estimate of drug-likeness (QED) is 0.425. The maximum Gasteiger partial charge on any atom is 0.185 e. The van der Waals surface area contributed by atoms with Crippen LogP contribution in [0.2, 0.25) is 19.6 Å². The number of hydrogen-bond donors (Lipinski definition) is 0. The minimum Gasteiger partial charge on any atom is -0.401 e. The van der Waals surface area contributed by atoms with E-state index in [1.807, 2.05) is 0 Å². The molecule has 0 saturated heterocycles. The lowest BCUT2D eigenvalue weighted by atomic mass is 9.86. The van der Waals surface area contributed by atoms with E-state index in [4.69, 9.17) is 4.43 Å². The van der Waals surface area contributed by atoms with Gasteiger partial charge in [0.05, 0.1) is 0 Å². The van der Waals surface area contributed by atoms with E-state index in [0.29, 0.717) is 0 Å². The van der Waals surface area contributed by atoms with Crippen molar-refractivity contribution in [2.45, 2.75) is 57.3 Å². The predicted molar refractivity (Wildman–Crippen MR) is 72.0 cm³/mol. The summed E-state index contributed by atoms with van der Waals surface area (Å²) in [4.78, 5) is 0. The molecule has 0 N–H and O–H groups in total. The molecule has 1 nitrogen and oxygen atoms in total. The Bertz CT molecular complexity index is 240. The molecular formula is C11H19IOSi. The molecule has 1 rings (SSSR count). The Morgan fingerprint density at radius 1 is 1.14 bits per heavy atom. The zero-order valence-electron chi connectivity index (χ0n) is 9.32. The molecule has 1 aliphatic rings. The predicted octanol–water partition coefficient (Wildman–Crippen LogP) is 3.94. The summed E-state index contributed by atoms with van der Waals surface area (Å²) in [6, 6.07) is 0. The highest BCUT2D eigenvalue weighted by atomic mass is 127. The summed E-state index contributed by atoms with van der Waals surface area (Å²) in [6.07, 6.45) is 6.16. The molecule has 0 atom stereocenters. The molecule has 1 aliphatic carbocycles. The molecule has 1 saturated carbocycles. The maximum atomic E-state index is 6.27. The minimum absolute atomic E-state index is 0.0933. The highest BCUT2D eigenvalue weighted by molar-refractivity contribution is 14.1. The summed E-state index contributed by atoms with van der Waals surface area (Å²) in [5.74, 6) is 3.30. The molecular weight excluding hydrogens is 303 g/mol. The van der Waals surface area contributed by atoms with Gasteiger partial charge >= 0.3 is 0 Å². The lowest BCUT2D eigenvalue weighted by Gasteiger charge is -2.38. The van der Waals surface area contributed by atoms with Gasteiger partial charge in [0.2, 0.25) is 0 Å². The van der Waals surface area contributed by atoms with Crippen molar-refractivity contribution in [3.63, 3.8) is 0 Å². The van der Waals surface area contributed by atoms with Gasteiger partial charge in [-0.1, -0.05) is 12.3 Å². The molecule has 14 heavy (non-hydrogen) atoms. The zero-order chi connectivity index (χ0) is 10.7. The van der Waals surface area contributed by atoms with Crippen LogP contribution in [0.25, 0.3) is 0 Å². The third-order valence-electron chi connectivity index (χ3n) is 2.44. The van der Waals surface area contributed by atoms with Crippen LogP contribution in [-0.4, -0.2) is 13.9 Å². The van der Waals surface area contributed by atoms with Crippen LogP contribution in [-0.2, 0) is 4.43 Å². The topological polar surface area (TPSA) is 9.23 Å². The Morgan fingerprint density at radius 3 is 2.14 bits per heavy atom. The molecule has 0 aromatic heterocycles. The van der Waals surface area contributed by atoms with E-state index in [1.54, 1.807) is 0 Å². The first kappa shape index (κ1) is 12.5. The third kappa shape index (κ3) is 3.91. The van der Waals surface area contributed by atoms with E-state index in [1.165, 1.54) is 19.3 Å². The number of hydrogen-bond acceptors (Lipinski definition) is 1. The molecule has 0 aromatic rings. The molecule has 1 fully saturated rings. The summed E-state index contributed by atoms with van der Waals surface area (Å²) in [5.41, 5.74) is -0.0933.